The molecule has 0 amide bonds. The number of halogens is 1. The van der Waals surface area contributed by atoms with E-state index < -0.39 is 0 Å². The molecule has 0 saturated carbocycles. The fourth-order valence-corrected chi connectivity index (χ4v) is 2.64. The number of aliphatic imine (C=N–C) groups is 1. The molecule has 0 saturated heterocycles. The number of nitrogens with one attached hydrogen (secondary N) is 3. The highest BCUT2D eigenvalue weighted by atomic mass is 19.1. The molecule has 3 rings (SSSR count). The number of guanidine groups is 1. The molecule has 0 atom stereocenters. The molecule has 3 aromatic rings. The van der Waals surface area contributed by atoms with Crippen LogP contribution in [0.15, 0.2) is 35.7 Å². The Kier molecular flexibility index (Phi) is 5.27. The number of rotatable bonds is 6. The van der Waals surface area contributed by atoms with Crippen molar-refractivity contribution in [2.75, 3.05) is 13.1 Å². The zero-order valence-corrected chi connectivity index (χ0v) is 14.4. The van der Waals surface area contributed by atoms with Crippen LogP contribution in [-0.4, -0.2) is 38.8 Å². The molecule has 0 bridgehead atoms. The molecule has 8 heteroatoms. The quantitative estimate of drug-likeness (QED) is 0.470. The lowest BCUT2D eigenvalue weighted by Gasteiger charge is -2.11. The van der Waals surface area contributed by atoms with Crippen molar-refractivity contribution < 1.29 is 4.39 Å². The monoisotopic (exact) mass is 343 g/mol. The van der Waals surface area contributed by atoms with Crippen LogP contribution in [0.1, 0.15) is 18.3 Å². The van der Waals surface area contributed by atoms with E-state index in [4.69, 9.17) is 0 Å². The predicted octanol–water partition coefficient (Wildman–Crippen LogP) is 1.73. The summed E-state index contributed by atoms with van der Waals surface area (Å²) in [5.74, 6) is 1.30. The third kappa shape index (κ3) is 4.14. The number of fused-ring (bicyclic) bond motifs is 1. The number of benzene rings is 1. The molecule has 1 aromatic carbocycles. The maximum absolute atomic E-state index is 13.3. The van der Waals surface area contributed by atoms with Crippen molar-refractivity contribution in [1.29, 1.82) is 0 Å². The van der Waals surface area contributed by atoms with Crippen molar-refractivity contribution in [2.45, 2.75) is 19.9 Å². The lowest BCUT2D eigenvalue weighted by Crippen LogP contribution is -2.38. The van der Waals surface area contributed by atoms with Crippen LogP contribution in [0, 0.1) is 5.82 Å². The molecular formula is C17H22FN7. The molecule has 132 valence electrons. The summed E-state index contributed by atoms with van der Waals surface area (Å²) in [6, 6.07) is 4.81. The first kappa shape index (κ1) is 16.9. The van der Waals surface area contributed by atoms with Gasteiger partial charge >= 0.3 is 0 Å². The molecule has 3 N–H and O–H groups in total. The SMILES string of the molecule is CCNC(=NCc1ncnn1C)NCCc1c[nH]c2cc(F)ccc12. The Bertz CT molecular complexity index is 865. The van der Waals surface area contributed by atoms with Crippen LogP contribution in [0.2, 0.25) is 0 Å². The molecule has 0 aliphatic rings. The van der Waals surface area contributed by atoms with Gasteiger partial charge in [-0.2, -0.15) is 5.10 Å². The van der Waals surface area contributed by atoms with Crippen LogP contribution in [0.3, 0.4) is 0 Å². The molecule has 2 aromatic heterocycles. The lowest BCUT2D eigenvalue weighted by molar-refractivity contribution is 0.629. The number of aryl methyl sites for hydroxylation is 1. The van der Waals surface area contributed by atoms with Gasteiger partial charge in [0.25, 0.3) is 0 Å². The molecule has 0 aliphatic carbocycles. The maximum Gasteiger partial charge on any atom is 0.191 e. The third-order valence-electron chi connectivity index (χ3n) is 3.94. The Hall–Kier alpha value is -2.90. The third-order valence-corrected chi connectivity index (χ3v) is 3.94. The second-order valence-corrected chi connectivity index (χ2v) is 5.68. The number of aromatic amines is 1. The van der Waals surface area contributed by atoms with E-state index >= 15 is 0 Å². The molecule has 0 spiro atoms. The highest BCUT2D eigenvalue weighted by Crippen LogP contribution is 2.19. The van der Waals surface area contributed by atoms with Crippen LogP contribution in [-0.2, 0) is 20.0 Å². The summed E-state index contributed by atoms with van der Waals surface area (Å²) in [5.41, 5.74) is 1.96. The average molecular weight is 343 g/mol. The summed E-state index contributed by atoms with van der Waals surface area (Å²) in [4.78, 5) is 11.8. The molecule has 2 heterocycles. The summed E-state index contributed by atoms with van der Waals surface area (Å²) < 4.78 is 15.0. The van der Waals surface area contributed by atoms with Crippen LogP contribution in [0.25, 0.3) is 10.9 Å². The summed E-state index contributed by atoms with van der Waals surface area (Å²) in [6.07, 6.45) is 4.25. The van der Waals surface area contributed by atoms with E-state index in [1.54, 1.807) is 4.68 Å². The molecule has 0 radical (unpaired) electrons. The lowest BCUT2D eigenvalue weighted by atomic mass is 10.1. The van der Waals surface area contributed by atoms with E-state index in [-0.39, 0.29) is 5.82 Å². The fraction of sp³-hybridized carbons (Fsp3) is 0.353. The van der Waals surface area contributed by atoms with Crippen LogP contribution < -0.4 is 10.6 Å². The summed E-state index contributed by atoms with van der Waals surface area (Å²) in [6.45, 7) is 3.97. The molecule has 25 heavy (non-hydrogen) atoms. The van der Waals surface area contributed by atoms with Gasteiger partial charge in [0, 0.05) is 37.2 Å². The van der Waals surface area contributed by atoms with E-state index in [0.29, 0.717) is 6.54 Å². The van der Waals surface area contributed by atoms with Gasteiger partial charge in [0.05, 0.1) is 0 Å². The largest absolute Gasteiger partial charge is 0.361 e. The molecule has 0 aliphatic heterocycles. The van der Waals surface area contributed by atoms with Gasteiger partial charge in [0.1, 0.15) is 24.5 Å². The van der Waals surface area contributed by atoms with Crippen LogP contribution in [0.4, 0.5) is 4.39 Å². The highest BCUT2D eigenvalue weighted by molar-refractivity contribution is 5.83. The number of nitrogens with zero attached hydrogens (tertiary/aromatic N) is 4. The van der Waals surface area contributed by atoms with Gasteiger partial charge in [-0.3, -0.25) is 4.68 Å². The van der Waals surface area contributed by atoms with Crippen LogP contribution >= 0.6 is 0 Å². The van der Waals surface area contributed by atoms with Crippen molar-refractivity contribution >= 4 is 16.9 Å². The Morgan fingerprint density at radius 1 is 1.36 bits per heavy atom. The van der Waals surface area contributed by atoms with E-state index in [0.717, 1.165) is 47.8 Å². The first-order chi connectivity index (χ1) is 12.2. The minimum absolute atomic E-state index is 0.232. The smallest absolute Gasteiger partial charge is 0.191 e. The number of aromatic nitrogens is 4. The summed E-state index contributed by atoms with van der Waals surface area (Å²) >= 11 is 0. The first-order valence-electron chi connectivity index (χ1n) is 8.28. The molecule has 7 nitrogen and oxygen atoms in total. The number of H-pyrrole nitrogens is 1. The van der Waals surface area contributed by atoms with Crippen LogP contribution in [0.5, 0.6) is 0 Å². The zero-order chi connectivity index (χ0) is 17.6. The second kappa shape index (κ2) is 7.78. The van der Waals surface area contributed by atoms with E-state index in [9.17, 15) is 4.39 Å². The van der Waals surface area contributed by atoms with Crippen molar-refractivity contribution in [1.82, 2.24) is 30.4 Å². The Labute approximate surface area is 145 Å². The highest BCUT2D eigenvalue weighted by Gasteiger charge is 2.06. The molecule has 0 fully saturated rings. The number of hydrogen-bond acceptors (Lipinski definition) is 3. The Morgan fingerprint density at radius 2 is 2.24 bits per heavy atom. The average Bonchev–Trinajstić information content (AvgIpc) is 3.18. The van der Waals surface area contributed by atoms with Crippen molar-refractivity contribution in [3.05, 3.63) is 47.9 Å². The van der Waals surface area contributed by atoms with Gasteiger partial charge in [-0.15, -0.1) is 0 Å². The van der Waals surface area contributed by atoms with Crippen molar-refractivity contribution in [2.24, 2.45) is 12.0 Å². The van der Waals surface area contributed by atoms with E-state index in [2.05, 4.69) is 30.7 Å². The minimum atomic E-state index is -0.232. The van der Waals surface area contributed by atoms with Gasteiger partial charge in [0.15, 0.2) is 5.96 Å². The minimum Gasteiger partial charge on any atom is -0.361 e. The van der Waals surface area contributed by atoms with E-state index in [1.807, 2.05) is 26.2 Å². The molecular weight excluding hydrogens is 321 g/mol. The Balaban J connectivity index is 1.60. The van der Waals surface area contributed by atoms with Crippen molar-refractivity contribution in [3.63, 3.8) is 0 Å². The topological polar surface area (TPSA) is 82.9 Å². The maximum atomic E-state index is 13.3. The normalized spacial score (nSPS) is 11.9. The van der Waals surface area contributed by atoms with Gasteiger partial charge < -0.3 is 15.6 Å². The standard InChI is InChI=1S/C17H22FN7/c1-3-19-17(22-10-16-23-11-24-25(16)2)20-7-6-12-9-21-15-8-13(18)4-5-14(12)15/h4-5,8-9,11,21H,3,6-7,10H2,1-2H3,(H2,19,20,22). The fourth-order valence-electron chi connectivity index (χ4n) is 2.64. The zero-order valence-electron chi connectivity index (χ0n) is 14.4. The predicted molar refractivity (Wildman–Crippen MR) is 95.8 cm³/mol. The van der Waals surface area contributed by atoms with Gasteiger partial charge in [-0.05, 0) is 37.1 Å². The number of hydrogen-bond donors (Lipinski definition) is 3. The van der Waals surface area contributed by atoms with Gasteiger partial charge in [0.2, 0.25) is 0 Å². The van der Waals surface area contributed by atoms with Gasteiger partial charge in [-0.1, -0.05) is 0 Å². The Morgan fingerprint density at radius 3 is 3.00 bits per heavy atom. The molecule has 0 unspecified atom stereocenters. The summed E-state index contributed by atoms with van der Waals surface area (Å²) in [7, 11) is 1.85. The first-order valence-corrected chi connectivity index (χ1v) is 8.28. The second-order valence-electron chi connectivity index (χ2n) is 5.68. The van der Waals surface area contributed by atoms with E-state index in [1.165, 1.54) is 18.5 Å². The summed E-state index contributed by atoms with van der Waals surface area (Å²) in [5, 5.41) is 11.6. The van der Waals surface area contributed by atoms with Gasteiger partial charge in [-0.25, -0.2) is 14.4 Å². The van der Waals surface area contributed by atoms with Crippen molar-refractivity contribution in [3.8, 4) is 0 Å².